The zero-order valence-corrected chi connectivity index (χ0v) is 22.4. The number of fused-ring (bicyclic) bond motifs is 3. The summed E-state index contributed by atoms with van der Waals surface area (Å²) in [4.78, 5) is 19.6. The minimum atomic E-state index is -0.323. The molecule has 0 saturated heterocycles. The van der Waals surface area contributed by atoms with E-state index in [1.54, 1.807) is 16.7 Å². The lowest BCUT2D eigenvalue weighted by atomic mass is 9.83. The van der Waals surface area contributed by atoms with Crippen molar-refractivity contribution in [1.29, 1.82) is 0 Å². The van der Waals surface area contributed by atoms with Crippen LogP contribution in [0.5, 0.6) is 5.75 Å². The summed E-state index contributed by atoms with van der Waals surface area (Å²) in [5.74, 6) is 0.473. The Morgan fingerprint density at radius 2 is 1.65 bits per heavy atom. The Bertz CT molecular complexity index is 1920. The molecular formula is C34H25FN2O2S. The number of hydrogen-bond acceptors (Lipinski definition) is 4. The second kappa shape index (κ2) is 10.2. The number of aryl methyl sites for hydroxylation is 1. The summed E-state index contributed by atoms with van der Waals surface area (Å²) in [6, 6.07) is 32.3. The first kappa shape index (κ1) is 24.5. The number of benzene rings is 4. The van der Waals surface area contributed by atoms with Gasteiger partial charge in [-0.15, -0.1) is 0 Å². The van der Waals surface area contributed by atoms with Crippen LogP contribution in [0.25, 0.3) is 11.8 Å². The van der Waals surface area contributed by atoms with Gasteiger partial charge in [0.2, 0.25) is 0 Å². The summed E-state index contributed by atoms with van der Waals surface area (Å²) in [6.07, 6.45) is 3.58. The molecule has 2 aliphatic rings. The van der Waals surface area contributed by atoms with E-state index in [1.807, 2.05) is 66.7 Å². The zero-order chi connectivity index (χ0) is 27.1. The molecule has 196 valence electrons. The smallest absolute Gasteiger partial charge is 0.271 e. The lowest BCUT2D eigenvalue weighted by Crippen LogP contribution is -2.38. The molecule has 4 nitrogen and oxygen atoms in total. The number of nitrogens with zero attached hydrogens (tertiary/aromatic N) is 2. The molecule has 2 heterocycles. The van der Waals surface area contributed by atoms with E-state index in [1.165, 1.54) is 29.0 Å². The van der Waals surface area contributed by atoms with Crippen molar-refractivity contribution >= 4 is 23.1 Å². The molecule has 7 rings (SSSR count). The van der Waals surface area contributed by atoms with Gasteiger partial charge in [-0.3, -0.25) is 9.36 Å². The van der Waals surface area contributed by atoms with E-state index in [9.17, 15) is 9.18 Å². The van der Waals surface area contributed by atoms with Gasteiger partial charge < -0.3 is 4.74 Å². The van der Waals surface area contributed by atoms with Gasteiger partial charge in [0.1, 0.15) is 18.2 Å². The van der Waals surface area contributed by atoms with Crippen LogP contribution < -0.4 is 19.6 Å². The van der Waals surface area contributed by atoms with Crippen LogP contribution in [0.2, 0.25) is 0 Å². The molecule has 0 radical (unpaired) electrons. The molecular weight excluding hydrogens is 519 g/mol. The number of aromatic nitrogens is 1. The van der Waals surface area contributed by atoms with Crippen LogP contribution in [-0.2, 0) is 13.0 Å². The number of hydrogen-bond donors (Lipinski definition) is 0. The van der Waals surface area contributed by atoms with Gasteiger partial charge in [-0.05, 0) is 71.0 Å². The van der Waals surface area contributed by atoms with E-state index in [0.29, 0.717) is 15.9 Å². The standard InChI is InChI=1S/C34H25FN2O2S/c35-26-15-12-25(13-16-26)32-29-19-14-24-8-4-5-9-28(24)31(29)36-34-37(32)33(38)30(40-34)20-22-10-17-27(18-11-22)39-21-23-6-2-1-3-7-23/h1-13,15-18,20,32H,14,19,21H2/b30-20+/t32-/m0/s1. The Morgan fingerprint density at radius 3 is 2.45 bits per heavy atom. The lowest BCUT2D eigenvalue weighted by molar-refractivity contribution is 0.306. The third kappa shape index (κ3) is 4.50. The maximum absolute atomic E-state index is 13.9. The van der Waals surface area contributed by atoms with Gasteiger partial charge in [-0.2, -0.15) is 0 Å². The second-order valence-corrected chi connectivity index (χ2v) is 11.0. The highest BCUT2D eigenvalue weighted by atomic mass is 32.1. The first-order chi connectivity index (χ1) is 19.6. The van der Waals surface area contributed by atoms with Crippen LogP contribution in [0.1, 0.15) is 40.3 Å². The number of rotatable bonds is 5. The molecule has 1 atom stereocenters. The van der Waals surface area contributed by atoms with Crippen molar-refractivity contribution in [2.75, 3.05) is 0 Å². The van der Waals surface area contributed by atoms with Crippen LogP contribution >= 0.6 is 11.3 Å². The third-order valence-electron chi connectivity index (χ3n) is 7.48. The maximum Gasteiger partial charge on any atom is 0.271 e. The molecule has 0 unspecified atom stereocenters. The lowest BCUT2D eigenvalue weighted by Gasteiger charge is -2.30. The Hall–Kier alpha value is -4.55. The summed E-state index contributed by atoms with van der Waals surface area (Å²) in [5, 5.41) is 0. The van der Waals surface area contributed by atoms with Gasteiger partial charge in [-0.1, -0.05) is 90.2 Å². The predicted octanol–water partition coefficient (Wildman–Crippen LogP) is 6.04. The molecule has 1 aliphatic heterocycles. The van der Waals surface area contributed by atoms with Crippen molar-refractivity contribution < 1.29 is 9.13 Å². The Kier molecular flexibility index (Phi) is 6.25. The van der Waals surface area contributed by atoms with Gasteiger partial charge >= 0.3 is 0 Å². The molecule has 0 bridgehead atoms. The van der Waals surface area contributed by atoms with Crippen LogP contribution in [0.15, 0.2) is 118 Å². The minimum absolute atomic E-state index is 0.0899. The van der Waals surface area contributed by atoms with Gasteiger partial charge in [0.25, 0.3) is 5.56 Å². The number of thiazole rings is 1. The second-order valence-electron chi connectivity index (χ2n) is 10.0. The molecule has 40 heavy (non-hydrogen) atoms. The van der Waals surface area contributed by atoms with E-state index in [0.717, 1.165) is 52.1 Å². The molecule has 4 aromatic carbocycles. The first-order valence-corrected chi connectivity index (χ1v) is 14.1. The zero-order valence-electron chi connectivity index (χ0n) is 21.6. The predicted molar refractivity (Wildman–Crippen MR) is 156 cm³/mol. The van der Waals surface area contributed by atoms with E-state index in [2.05, 4.69) is 18.2 Å². The van der Waals surface area contributed by atoms with Gasteiger partial charge in [0.15, 0.2) is 4.80 Å². The first-order valence-electron chi connectivity index (χ1n) is 13.3. The van der Waals surface area contributed by atoms with Crippen LogP contribution in [-0.4, -0.2) is 4.57 Å². The average Bonchev–Trinajstić information content (AvgIpc) is 3.30. The van der Waals surface area contributed by atoms with Crippen molar-refractivity contribution in [2.24, 2.45) is 4.99 Å². The summed E-state index contributed by atoms with van der Waals surface area (Å²) < 4.78 is 22.2. The largest absolute Gasteiger partial charge is 0.489 e. The summed E-state index contributed by atoms with van der Waals surface area (Å²) in [5.41, 5.74) is 7.21. The maximum atomic E-state index is 13.9. The molecule has 6 heteroatoms. The highest BCUT2D eigenvalue weighted by Gasteiger charge is 2.32. The van der Waals surface area contributed by atoms with Crippen LogP contribution in [0, 0.1) is 5.82 Å². The number of allylic oxidation sites excluding steroid dienone is 1. The fourth-order valence-electron chi connectivity index (χ4n) is 5.52. The number of halogens is 1. The molecule has 0 amide bonds. The molecule has 1 aliphatic carbocycles. The van der Waals surface area contributed by atoms with Crippen molar-refractivity contribution in [3.05, 3.63) is 162 Å². The summed E-state index contributed by atoms with van der Waals surface area (Å²) in [7, 11) is 0. The van der Waals surface area contributed by atoms with Gasteiger partial charge in [0.05, 0.1) is 16.3 Å². The van der Waals surface area contributed by atoms with Crippen LogP contribution in [0.3, 0.4) is 0 Å². The molecule has 1 aromatic heterocycles. The monoisotopic (exact) mass is 544 g/mol. The van der Waals surface area contributed by atoms with Crippen molar-refractivity contribution in [3.8, 4) is 5.75 Å². The fourth-order valence-corrected chi connectivity index (χ4v) is 6.52. The minimum Gasteiger partial charge on any atom is -0.489 e. The fraction of sp³-hybridized carbons (Fsp3) is 0.118. The van der Waals surface area contributed by atoms with Crippen molar-refractivity contribution in [2.45, 2.75) is 25.5 Å². The molecule has 0 spiro atoms. The highest BCUT2D eigenvalue weighted by Crippen LogP contribution is 2.41. The SMILES string of the molecule is O=c1/c(=C\c2ccc(OCc3ccccc3)cc2)sc2n1[C@@H](c1ccc(F)cc1)C1=C(N=2)c2ccccc2CC1. The Morgan fingerprint density at radius 1 is 0.900 bits per heavy atom. The normalized spacial score (nSPS) is 16.1. The third-order valence-corrected chi connectivity index (χ3v) is 8.47. The van der Waals surface area contributed by atoms with E-state index in [4.69, 9.17) is 9.73 Å². The molecule has 0 saturated carbocycles. The topological polar surface area (TPSA) is 43.6 Å². The Labute approximate surface area is 234 Å². The quantitative estimate of drug-likeness (QED) is 0.271. The van der Waals surface area contributed by atoms with Crippen LogP contribution in [0.4, 0.5) is 4.39 Å². The summed E-state index contributed by atoms with van der Waals surface area (Å²) in [6.45, 7) is 0.496. The summed E-state index contributed by atoms with van der Waals surface area (Å²) >= 11 is 1.39. The van der Waals surface area contributed by atoms with E-state index in [-0.39, 0.29) is 17.4 Å². The molecule has 0 fully saturated rings. The van der Waals surface area contributed by atoms with E-state index >= 15 is 0 Å². The molecule has 0 N–H and O–H groups in total. The number of ether oxygens (including phenoxy) is 1. The molecule has 5 aromatic rings. The Balaban J connectivity index is 1.29. The van der Waals surface area contributed by atoms with E-state index < -0.39 is 0 Å². The average molecular weight is 545 g/mol. The van der Waals surface area contributed by atoms with Crippen molar-refractivity contribution in [1.82, 2.24) is 4.57 Å². The van der Waals surface area contributed by atoms with Crippen molar-refractivity contribution in [3.63, 3.8) is 0 Å². The highest BCUT2D eigenvalue weighted by molar-refractivity contribution is 7.07. The van der Waals surface area contributed by atoms with Gasteiger partial charge in [0, 0.05) is 5.56 Å². The van der Waals surface area contributed by atoms with Gasteiger partial charge in [-0.25, -0.2) is 9.38 Å².